The largest absolute Gasteiger partial charge is 0.340 e. The molecule has 0 N–H and O–H groups in total. The smallest absolute Gasteiger partial charge is 0.224 e. The van der Waals surface area contributed by atoms with Crippen LogP contribution in [0, 0.1) is 11.7 Å². The Balaban J connectivity index is 2.22. The first-order valence-electron chi connectivity index (χ1n) is 8.24. The third-order valence-electron chi connectivity index (χ3n) is 4.41. The van der Waals surface area contributed by atoms with Gasteiger partial charge in [0.25, 0.3) is 0 Å². The molecular formula is C18H25FN2O2. The van der Waals surface area contributed by atoms with E-state index < -0.39 is 0 Å². The van der Waals surface area contributed by atoms with Crippen LogP contribution in [0.15, 0.2) is 24.3 Å². The Morgan fingerprint density at radius 2 is 1.96 bits per heavy atom. The van der Waals surface area contributed by atoms with Gasteiger partial charge in [-0.05, 0) is 23.6 Å². The Kier molecular flexibility index (Phi) is 5.74. The molecular weight excluding hydrogens is 295 g/mol. The number of hydrogen-bond donors (Lipinski definition) is 0. The van der Waals surface area contributed by atoms with Gasteiger partial charge in [-0.2, -0.15) is 0 Å². The number of carbonyl (C=O) groups is 2. The van der Waals surface area contributed by atoms with Crippen molar-refractivity contribution in [1.82, 2.24) is 9.80 Å². The summed E-state index contributed by atoms with van der Waals surface area (Å²) in [4.78, 5) is 28.3. The number of rotatable bonds is 4. The summed E-state index contributed by atoms with van der Waals surface area (Å²) in [6.07, 6.45) is 0.799. The molecule has 1 aliphatic heterocycles. The maximum absolute atomic E-state index is 13.1. The van der Waals surface area contributed by atoms with Crippen LogP contribution < -0.4 is 0 Å². The van der Waals surface area contributed by atoms with Gasteiger partial charge in [-0.3, -0.25) is 9.59 Å². The highest BCUT2D eigenvalue weighted by Crippen LogP contribution is 2.21. The predicted octanol–water partition coefficient (Wildman–Crippen LogP) is 2.82. The average molecular weight is 320 g/mol. The van der Waals surface area contributed by atoms with Gasteiger partial charge in [0.2, 0.25) is 11.8 Å². The van der Waals surface area contributed by atoms with Crippen molar-refractivity contribution in [2.45, 2.75) is 46.2 Å². The lowest BCUT2D eigenvalue weighted by atomic mass is 10.0. The number of benzene rings is 1. The minimum Gasteiger partial charge on any atom is -0.340 e. The molecule has 1 saturated heterocycles. The normalized spacial score (nSPS) is 19.2. The summed E-state index contributed by atoms with van der Waals surface area (Å²) in [5, 5.41) is 0. The number of hydrogen-bond acceptors (Lipinski definition) is 2. The molecule has 1 heterocycles. The molecule has 0 saturated carbocycles. The molecule has 0 bridgehead atoms. The van der Waals surface area contributed by atoms with E-state index in [9.17, 15) is 14.0 Å². The fourth-order valence-corrected chi connectivity index (χ4v) is 2.99. The molecule has 23 heavy (non-hydrogen) atoms. The van der Waals surface area contributed by atoms with Crippen LogP contribution >= 0.6 is 0 Å². The fourth-order valence-electron chi connectivity index (χ4n) is 2.99. The van der Waals surface area contributed by atoms with E-state index in [-0.39, 0.29) is 29.6 Å². The van der Waals surface area contributed by atoms with Gasteiger partial charge in [-0.15, -0.1) is 0 Å². The highest BCUT2D eigenvalue weighted by atomic mass is 19.1. The quantitative estimate of drug-likeness (QED) is 0.856. The van der Waals surface area contributed by atoms with E-state index in [1.54, 1.807) is 17.0 Å². The van der Waals surface area contributed by atoms with Crippen LogP contribution in [0.2, 0.25) is 0 Å². The summed E-state index contributed by atoms with van der Waals surface area (Å²) >= 11 is 0. The topological polar surface area (TPSA) is 40.6 Å². The second kappa shape index (κ2) is 7.57. The lowest BCUT2D eigenvalue weighted by Gasteiger charge is -2.34. The molecule has 1 atom stereocenters. The van der Waals surface area contributed by atoms with Gasteiger partial charge in [0.15, 0.2) is 0 Å². The van der Waals surface area contributed by atoms with Crippen LogP contribution in [0.25, 0.3) is 0 Å². The first-order valence-corrected chi connectivity index (χ1v) is 8.24. The number of amides is 2. The molecule has 0 spiro atoms. The maximum Gasteiger partial charge on any atom is 0.224 e. The third-order valence-corrected chi connectivity index (χ3v) is 4.41. The van der Waals surface area contributed by atoms with E-state index in [1.165, 1.54) is 12.1 Å². The zero-order chi connectivity index (χ0) is 17.0. The zero-order valence-electron chi connectivity index (χ0n) is 14.1. The molecule has 2 rings (SSSR count). The SMILES string of the molecule is CCC(=O)N1CCC(=O)N(Cc2ccc(F)cc2)C(C(C)C)C1. The molecule has 0 radical (unpaired) electrons. The Morgan fingerprint density at radius 3 is 2.52 bits per heavy atom. The minimum absolute atomic E-state index is 0.0226. The number of nitrogens with zero attached hydrogens (tertiary/aromatic N) is 2. The molecule has 4 nitrogen and oxygen atoms in total. The van der Waals surface area contributed by atoms with Crippen LogP contribution in [0.1, 0.15) is 39.2 Å². The van der Waals surface area contributed by atoms with Gasteiger partial charge in [-0.1, -0.05) is 32.9 Å². The third kappa shape index (κ3) is 4.30. The first-order chi connectivity index (χ1) is 10.9. The summed E-state index contributed by atoms with van der Waals surface area (Å²) in [5.41, 5.74) is 0.903. The van der Waals surface area contributed by atoms with E-state index in [0.29, 0.717) is 32.5 Å². The second-order valence-corrected chi connectivity index (χ2v) is 6.40. The molecule has 1 fully saturated rings. The highest BCUT2D eigenvalue weighted by Gasteiger charge is 2.32. The van der Waals surface area contributed by atoms with Crippen molar-refractivity contribution in [2.24, 2.45) is 5.92 Å². The lowest BCUT2D eigenvalue weighted by Crippen LogP contribution is -2.46. The van der Waals surface area contributed by atoms with Gasteiger partial charge >= 0.3 is 0 Å². The molecule has 5 heteroatoms. The molecule has 1 aromatic carbocycles. The minimum atomic E-state index is -0.281. The standard InChI is InChI=1S/C18H25FN2O2/c1-4-17(22)20-10-9-18(23)21(16(12-20)13(2)3)11-14-5-7-15(19)8-6-14/h5-8,13,16H,4,9-12H2,1-3H3. The van der Waals surface area contributed by atoms with Crippen LogP contribution in [0.4, 0.5) is 4.39 Å². The Labute approximate surface area is 137 Å². The van der Waals surface area contributed by atoms with E-state index >= 15 is 0 Å². The van der Waals surface area contributed by atoms with E-state index in [4.69, 9.17) is 0 Å². The molecule has 126 valence electrons. The van der Waals surface area contributed by atoms with E-state index in [0.717, 1.165) is 5.56 Å². The van der Waals surface area contributed by atoms with Gasteiger partial charge < -0.3 is 9.80 Å². The monoisotopic (exact) mass is 320 g/mol. The number of halogens is 1. The van der Waals surface area contributed by atoms with Crippen molar-refractivity contribution < 1.29 is 14.0 Å². The second-order valence-electron chi connectivity index (χ2n) is 6.40. The summed E-state index contributed by atoms with van der Waals surface area (Å²) in [7, 11) is 0. The Hall–Kier alpha value is -1.91. The maximum atomic E-state index is 13.1. The summed E-state index contributed by atoms with van der Waals surface area (Å²) in [5.74, 6) is 0.104. The zero-order valence-corrected chi connectivity index (χ0v) is 14.1. The number of carbonyl (C=O) groups excluding carboxylic acids is 2. The molecule has 1 unspecified atom stereocenters. The van der Waals surface area contributed by atoms with Gasteiger partial charge in [0.1, 0.15) is 5.82 Å². The van der Waals surface area contributed by atoms with Crippen LogP contribution in [-0.2, 0) is 16.1 Å². The van der Waals surface area contributed by atoms with Gasteiger partial charge in [0.05, 0.1) is 6.04 Å². The van der Waals surface area contributed by atoms with Crippen LogP contribution in [-0.4, -0.2) is 40.7 Å². The summed E-state index contributed by atoms with van der Waals surface area (Å²) in [6, 6.07) is 6.22. The molecule has 2 amide bonds. The van der Waals surface area contributed by atoms with E-state index in [2.05, 4.69) is 13.8 Å². The van der Waals surface area contributed by atoms with Gasteiger partial charge in [0, 0.05) is 32.5 Å². The van der Waals surface area contributed by atoms with Crippen molar-refractivity contribution in [3.05, 3.63) is 35.6 Å². The fraction of sp³-hybridized carbons (Fsp3) is 0.556. The molecule has 0 aliphatic carbocycles. The summed E-state index contributed by atoms with van der Waals surface area (Å²) < 4.78 is 13.1. The lowest BCUT2D eigenvalue weighted by molar-refractivity contribution is -0.134. The molecule has 1 aliphatic rings. The van der Waals surface area contributed by atoms with Crippen molar-refractivity contribution in [3.63, 3.8) is 0 Å². The Morgan fingerprint density at radius 1 is 1.30 bits per heavy atom. The first kappa shape index (κ1) is 17.4. The summed E-state index contributed by atoms with van der Waals surface area (Å²) in [6.45, 7) is 7.48. The van der Waals surface area contributed by atoms with Crippen molar-refractivity contribution >= 4 is 11.8 Å². The highest BCUT2D eigenvalue weighted by molar-refractivity contribution is 5.80. The van der Waals surface area contributed by atoms with E-state index in [1.807, 2.05) is 11.8 Å². The predicted molar refractivity (Wildman–Crippen MR) is 87.1 cm³/mol. The van der Waals surface area contributed by atoms with Crippen LogP contribution in [0.3, 0.4) is 0 Å². The van der Waals surface area contributed by atoms with Crippen molar-refractivity contribution in [3.8, 4) is 0 Å². The molecule has 0 aromatic heterocycles. The Bertz CT molecular complexity index is 557. The average Bonchev–Trinajstić information content (AvgIpc) is 2.69. The molecule has 1 aromatic rings. The van der Waals surface area contributed by atoms with Crippen molar-refractivity contribution in [2.75, 3.05) is 13.1 Å². The van der Waals surface area contributed by atoms with Crippen LogP contribution in [0.5, 0.6) is 0 Å². The van der Waals surface area contributed by atoms with Gasteiger partial charge in [-0.25, -0.2) is 4.39 Å². The van der Waals surface area contributed by atoms with Crippen molar-refractivity contribution in [1.29, 1.82) is 0 Å².